The zero-order chi connectivity index (χ0) is 10.0. The summed E-state index contributed by atoms with van der Waals surface area (Å²) in [6.07, 6.45) is 0.993. The molecular formula is C12H15NO. The third kappa shape index (κ3) is 1.65. The molecule has 0 N–H and O–H groups in total. The molecule has 1 aliphatic rings. The van der Waals surface area contributed by atoms with Gasteiger partial charge in [0.05, 0.1) is 6.54 Å². The summed E-state index contributed by atoms with van der Waals surface area (Å²) in [4.78, 5) is 4.42. The molecule has 2 heteroatoms. The molecule has 2 nitrogen and oxygen atoms in total. The summed E-state index contributed by atoms with van der Waals surface area (Å²) in [6.45, 7) is 5.00. The Kier molecular flexibility index (Phi) is 2.28. The number of nitrogens with zero attached hydrogens (tertiary/aromatic N) is 1. The van der Waals surface area contributed by atoms with Crippen LogP contribution in [0.2, 0.25) is 0 Å². The number of benzene rings is 1. The molecule has 1 aromatic rings. The Bertz CT molecular complexity index is 345. The molecule has 2 rings (SSSR count). The zero-order valence-corrected chi connectivity index (χ0v) is 8.66. The van der Waals surface area contributed by atoms with Gasteiger partial charge in [0.1, 0.15) is 5.60 Å². The molecule has 0 saturated heterocycles. The number of aliphatic imine (C=N–C) groups is 1. The van der Waals surface area contributed by atoms with Crippen molar-refractivity contribution >= 4 is 5.90 Å². The second kappa shape index (κ2) is 3.45. The van der Waals surface area contributed by atoms with E-state index in [4.69, 9.17) is 4.74 Å². The monoisotopic (exact) mass is 189 g/mol. The Labute approximate surface area is 84.6 Å². The lowest BCUT2D eigenvalue weighted by Crippen LogP contribution is -2.28. The van der Waals surface area contributed by atoms with E-state index in [1.165, 1.54) is 0 Å². The van der Waals surface area contributed by atoms with Crippen LogP contribution < -0.4 is 0 Å². The van der Waals surface area contributed by atoms with E-state index in [2.05, 4.69) is 18.8 Å². The first-order valence-electron chi connectivity index (χ1n) is 5.02. The lowest BCUT2D eigenvalue weighted by atomic mass is 10.1. The largest absolute Gasteiger partial charge is 0.469 e. The van der Waals surface area contributed by atoms with E-state index in [9.17, 15) is 0 Å². The third-order valence-corrected chi connectivity index (χ3v) is 2.67. The van der Waals surface area contributed by atoms with Gasteiger partial charge in [-0.05, 0) is 25.5 Å². The third-order valence-electron chi connectivity index (χ3n) is 2.67. The quantitative estimate of drug-likeness (QED) is 0.700. The summed E-state index contributed by atoms with van der Waals surface area (Å²) in [5.74, 6) is 0.787. The summed E-state index contributed by atoms with van der Waals surface area (Å²) >= 11 is 0. The molecule has 74 valence electrons. The molecule has 0 radical (unpaired) electrons. The summed E-state index contributed by atoms with van der Waals surface area (Å²) in [5.41, 5.74) is 0.982. The van der Waals surface area contributed by atoms with Crippen LogP contribution in [0.5, 0.6) is 0 Å². The van der Waals surface area contributed by atoms with E-state index < -0.39 is 0 Å². The van der Waals surface area contributed by atoms with Crippen LogP contribution in [0.25, 0.3) is 0 Å². The second-order valence-corrected chi connectivity index (χ2v) is 3.89. The lowest BCUT2D eigenvalue weighted by molar-refractivity contribution is 0.105. The maximum Gasteiger partial charge on any atom is 0.216 e. The first kappa shape index (κ1) is 9.25. The van der Waals surface area contributed by atoms with Gasteiger partial charge in [0.2, 0.25) is 5.90 Å². The van der Waals surface area contributed by atoms with E-state index in [0.717, 1.165) is 24.4 Å². The number of ether oxygens (including phenoxy) is 1. The average Bonchev–Trinajstić information content (AvgIpc) is 2.63. The highest BCUT2D eigenvalue weighted by Gasteiger charge is 2.31. The molecule has 1 unspecified atom stereocenters. The fourth-order valence-corrected chi connectivity index (χ4v) is 1.45. The normalized spacial score (nSPS) is 25.7. The highest BCUT2D eigenvalue weighted by atomic mass is 16.5. The molecule has 14 heavy (non-hydrogen) atoms. The van der Waals surface area contributed by atoms with E-state index >= 15 is 0 Å². The van der Waals surface area contributed by atoms with E-state index in [-0.39, 0.29) is 5.60 Å². The molecule has 0 aliphatic carbocycles. The Hall–Kier alpha value is -1.31. The maximum absolute atomic E-state index is 5.83. The van der Waals surface area contributed by atoms with Crippen LogP contribution in [0.4, 0.5) is 0 Å². The van der Waals surface area contributed by atoms with Crippen molar-refractivity contribution in [1.29, 1.82) is 0 Å². The molecule has 0 aromatic heterocycles. The van der Waals surface area contributed by atoms with Gasteiger partial charge >= 0.3 is 0 Å². The van der Waals surface area contributed by atoms with Crippen molar-refractivity contribution in [3.05, 3.63) is 35.9 Å². The minimum absolute atomic E-state index is 0.0921. The zero-order valence-electron chi connectivity index (χ0n) is 8.66. The van der Waals surface area contributed by atoms with Crippen molar-refractivity contribution in [2.75, 3.05) is 6.54 Å². The van der Waals surface area contributed by atoms with Gasteiger partial charge in [-0.1, -0.05) is 25.1 Å². The molecule has 0 saturated carbocycles. The fourth-order valence-electron chi connectivity index (χ4n) is 1.45. The van der Waals surface area contributed by atoms with Gasteiger partial charge in [-0.15, -0.1) is 0 Å². The van der Waals surface area contributed by atoms with Crippen molar-refractivity contribution in [1.82, 2.24) is 0 Å². The van der Waals surface area contributed by atoms with E-state index in [1.54, 1.807) is 0 Å². The topological polar surface area (TPSA) is 21.6 Å². The predicted molar refractivity (Wildman–Crippen MR) is 57.6 cm³/mol. The summed E-state index contributed by atoms with van der Waals surface area (Å²) in [5, 5.41) is 0. The van der Waals surface area contributed by atoms with Crippen molar-refractivity contribution in [2.24, 2.45) is 4.99 Å². The Morgan fingerprint density at radius 2 is 2.07 bits per heavy atom. The average molecular weight is 189 g/mol. The summed E-state index contributed by atoms with van der Waals surface area (Å²) in [7, 11) is 0. The second-order valence-electron chi connectivity index (χ2n) is 3.89. The Balaban J connectivity index is 2.17. The van der Waals surface area contributed by atoms with E-state index in [0.29, 0.717) is 0 Å². The first-order chi connectivity index (χ1) is 6.73. The van der Waals surface area contributed by atoms with Gasteiger partial charge in [0.15, 0.2) is 0 Å². The minimum atomic E-state index is -0.0921. The van der Waals surface area contributed by atoms with Gasteiger partial charge < -0.3 is 4.74 Å². The molecule has 0 spiro atoms. The van der Waals surface area contributed by atoms with Gasteiger partial charge in [0, 0.05) is 5.56 Å². The van der Waals surface area contributed by atoms with Crippen LogP contribution in [-0.2, 0) is 4.74 Å². The molecule has 0 amide bonds. The van der Waals surface area contributed by atoms with Crippen LogP contribution in [0.15, 0.2) is 35.3 Å². The van der Waals surface area contributed by atoms with Crippen molar-refractivity contribution in [2.45, 2.75) is 25.9 Å². The van der Waals surface area contributed by atoms with Crippen LogP contribution in [0.3, 0.4) is 0 Å². The smallest absolute Gasteiger partial charge is 0.216 e. The van der Waals surface area contributed by atoms with Crippen LogP contribution in [0.1, 0.15) is 25.8 Å². The van der Waals surface area contributed by atoms with Crippen LogP contribution in [-0.4, -0.2) is 18.0 Å². The number of hydrogen-bond donors (Lipinski definition) is 0. The molecule has 1 heterocycles. The van der Waals surface area contributed by atoms with Crippen molar-refractivity contribution in [3.8, 4) is 0 Å². The maximum atomic E-state index is 5.83. The molecule has 1 aromatic carbocycles. The Morgan fingerprint density at radius 3 is 2.64 bits per heavy atom. The van der Waals surface area contributed by atoms with Gasteiger partial charge in [-0.25, -0.2) is 4.99 Å². The first-order valence-corrected chi connectivity index (χ1v) is 5.02. The van der Waals surface area contributed by atoms with Crippen LogP contribution >= 0.6 is 0 Å². The van der Waals surface area contributed by atoms with Crippen LogP contribution in [0, 0.1) is 0 Å². The van der Waals surface area contributed by atoms with Gasteiger partial charge in [-0.3, -0.25) is 0 Å². The number of rotatable bonds is 2. The predicted octanol–water partition coefficient (Wildman–Crippen LogP) is 2.63. The molecule has 0 bridgehead atoms. The van der Waals surface area contributed by atoms with Gasteiger partial charge in [-0.2, -0.15) is 0 Å². The fraction of sp³-hybridized carbons (Fsp3) is 0.417. The standard InChI is InChI=1S/C12H15NO/c1-3-12(2)9-13-11(14-12)10-7-5-4-6-8-10/h4-8H,3,9H2,1-2H3. The van der Waals surface area contributed by atoms with Crippen molar-refractivity contribution < 1.29 is 4.74 Å². The highest BCUT2D eigenvalue weighted by Crippen LogP contribution is 2.24. The minimum Gasteiger partial charge on any atom is -0.469 e. The van der Waals surface area contributed by atoms with Crippen molar-refractivity contribution in [3.63, 3.8) is 0 Å². The molecular weight excluding hydrogens is 174 g/mol. The molecule has 0 fully saturated rings. The molecule has 1 aliphatic heterocycles. The number of hydrogen-bond acceptors (Lipinski definition) is 2. The summed E-state index contributed by atoms with van der Waals surface area (Å²) in [6, 6.07) is 10.1. The lowest BCUT2D eigenvalue weighted by Gasteiger charge is -2.21. The Morgan fingerprint density at radius 1 is 1.36 bits per heavy atom. The van der Waals surface area contributed by atoms with Gasteiger partial charge in [0.25, 0.3) is 0 Å². The molecule has 1 atom stereocenters. The van der Waals surface area contributed by atoms with E-state index in [1.807, 2.05) is 30.3 Å². The SMILES string of the molecule is CCC1(C)CN=C(c2ccccc2)O1. The highest BCUT2D eigenvalue weighted by molar-refractivity contribution is 5.95. The summed E-state index contributed by atoms with van der Waals surface area (Å²) < 4.78 is 5.83.